The second-order valence-corrected chi connectivity index (χ2v) is 8.80. The van der Waals surface area contributed by atoms with Gasteiger partial charge in [0.2, 0.25) is 0 Å². The van der Waals surface area contributed by atoms with Gasteiger partial charge in [-0.15, -0.1) is 6.58 Å². The van der Waals surface area contributed by atoms with Crippen LogP contribution in [0.2, 0.25) is 0 Å². The number of methoxy groups -OCH3 is 1. The number of aliphatic hydroxyl groups excluding tert-OH is 1. The minimum atomic E-state index is -1.11. The molecule has 3 aromatic rings. The van der Waals surface area contributed by atoms with Gasteiger partial charge in [-0.3, -0.25) is 9.88 Å². The number of rotatable bonds is 5. The minimum Gasteiger partial charge on any atom is -0.507 e. The van der Waals surface area contributed by atoms with Gasteiger partial charge in [-0.25, -0.2) is 4.79 Å². The van der Waals surface area contributed by atoms with E-state index in [9.17, 15) is 9.90 Å². The van der Waals surface area contributed by atoms with Gasteiger partial charge in [0, 0.05) is 24.2 Å². The van der Waals surface area contributed by atoms with Crippen LogP contribution in [-0.4, -0.2) is 57.4 Å². The number of phenols is 1. The number of aromatic nitrogens is 1. The number of aromatic hydroxyl groups is 1. The summed E-state index contributed by atoms with van der Waals surface area (Å²) in [6, 6.07) is 13.8. The molecule has 3 fully saturated rings. The molecule has 3 N–H and O–H groups in total. The monoisotopic (exact) mass is 462 g/mol. The van der Waals surface area contributed by atoms with Gasteiger partial charge in [0.15, 0.2) is 0 Å². The molecule has 1 aromatic heterocycles. The van der Waals surface area contributed by atoms with Gasteiger partial charge in [0.1, 0.15) is 17.1 Å². The number of para-hydroxylation sites is 1. The molecule has 0 aliphatic carbocycles. The van der Waals surface area contributed by atoms with E-state index in [1.54, 1.807) is 25.4 Å². The maximum Gasteiger partial charge on any atom is 0.339 e. The molecule has 3 aliphatic heterocycles. The fourth-order valence-corrected chi connectivity index (χ4v) is 5.10. The van der Waals surface area contributed by atoms with E-state index in [4.69, 9.17) is 14.9 Å². The van der Waals surface area contributed by atoms with Crippen molar-refractivity contribution >= 4 is 16.9 Å². The lowest BCUT2D eigenvalue weighted by Gasteiger charge is -2.50. The summed E-state index contributed by atoms with van der Waals surface area (Å²) in [6.45, 7) is 6.07. The maximum absolute atomic E-state index is 11.2. The third-order valence-corrected chi connectivity index (χ3v) is 6.95. The highest BCUT2D eigenvalue weighted by molar-refractivity contribution is 5.90. The first-order valence-electron chi connectivity index (χ1n) is 11.4. The molecule has 2 aromatic carbocycles. The van der Waals surface area contributed by atoms with Crippen LogP contribution in [0.4, 0.5) is 0 Å². The second kappa shape index (κ2) is 10.2. The zero-order valence-electron chi connectivity index (χ0n) is 19.2. The molecule has 178 valence electrons. The van der Waals surface area contributed by atoms with Gasteiger partial charge in [0.05, 0.1) is 18.7 Å². The smallest absolute Gasteiger partial charge is 0.339 e. The molecule has 34 heavy (non-hydrogen) atoms. The third kappa shape index (κ3) is 4.76. The number of pyridine rings is 1. The highest BCUT2D eigenvalue weighted by Gasteiger charge is 2.42. The van der Waals surface area contributed by atoms with Gasteiger partial charge in [-0.1, -0.05) is 18.2 Å². The molecular weight excluding hydrogens is 432 g/mol. The molecule has 3 aliphatic rings. The van der Waals surface area contributed by atoms with Crippen molar-refractivity contribution in [1.82, 2.24) is 9.88 Å². The van der Waals surface area contributed by atoms with Gasteiger partial charge < -0.3 is 20.1 Å². The van der Waals surface area contributed by atoms with E-state index in [-0.39, 0.29) is 17.4 Å². The summed E-state index contributed by atoms with van der Waals surface area (Å²) in [7, 11) is 1.66. The zero-order valence-corrected chi connectivity index (χ0v) is 19.2. The van der Waals surface area contributed by atoms with Gasteiger partial charge in [0.25, 0.3) is 0 Å². The molecule has 0 radical (unpaired) electrons. The summed E-state index contributed by atoms with van der Waals surface area (Å²) in [5.41, 5.74) is 1.78. The van der Waals surface area contributed by atoms with E-state index >= 15 is 0 Å². The fraction of sp³-hybridized carbons (Fsp3) is 0.333. The van der Waals surface area contributed by atoms with E-state index in [0.717, 1.165) is 41.7 Å². The summed E-state index contributed by atoms with van der Waals surface area (Å²) in [6.07, 6.45) is 5.62. The molecule has 7 nitrogen and oxygen atoms in total. The van der Waals surface area contributed by atoms with Crippen LogP contribution in [-0.2, 0) is 0 Å². The summed E-state index contributed by atoms with van der Waals surface area (Å²) in [5, 5.41) is 29.4. The first-order chi connectivity index (χ1) is 16.4. The number of carboxylic acids is 1. The van der Waals surface area contributed by atoms with Crippen LogP contribution in [0.5, 0.6) is 11.5 Å². The second-order valence-electron chi connectivity index (χ2n) is 8.80. The average Bonchev–Trinajstić information content (AvgIpc) is 2.88. The van der Waals surface area contributed by atoms with Crippen molar-refractivity contribution in [1.29, 1.82) is 0 Å². The Morgan fingerprint density at radius 1 is 1.26 bits per heavy atom. The standard InChI is InChI=1S/C20H24N2O2.C7H6O3/c1-3-13-12-22-9-7-14(13)10-19(22)20(23)16-6-8-21-18-5-4-15(24-2)11-17(16)18;8-6-4-2-1-3-5(6)7(9)10/h3-6,8,11,13-14,19-20,23H,1,7,9-10,12H2,2H3;1-4,8H,(H,9,10)/t13-,14?,19-,20-;/m1./s1. The van der Waals surface area contributed by atoms with Crippen molar-refractivity contribution in [2.24, 2.45) is 11.8 Å². The van der Waals surface area contributed by atoms with Crippen LogP contribution in [0.15, 0.2) is 67.4 Å². The molecular formula is C27H30N2O5. The third-order valence-electron chi connectivity index (χ3n) is 6.95. The van der Waals surface area contributed by atoms with Crippen LogP contribution in [0.25, 0.3) is 10.9 Å². The molecule has 0 amide bonds. The predicted octanol–water partition coefficient (Wildman–Crippen LogP) is 4.26. The predicted molar refractivity (Wildman–Crippen MR) is 130 cm³/mol. The van der Waals surface area contributed by atoms with Gasteiger partial charge in [-0.2, -0.15) is 0 Å². The van der Waals surface area contributed by atoms with Crippen molar-refractivity contribution in [2.75, 3.05) is 20.2 Å². The largest absolute Gasteiger partial charge is 0.507 e. The highest BCUT2D eigenvalue weighted by atomic mass is 16.5. The Morgan fingerprint density at radius 3 is 2.68 bits per heavy atom. The van der Waals surface area contributed by atoms with Crippen molar-refractivity contribution in [3.8, 4) is 11.5 Å². The zero-order chi connectivity index (χ0) is 24.2. The lowest BCUT2D eigenvalue weighted by Crippen LogP contribution is -2.54. The summed E-state index contributed by atoms with van der Waals surface area (Å²) in [5.74, 6) is 0.695. The lowest BCUT2D eigenvalue weighted by molar-refractivity contribution is -0.0444. The lowest BCUT2D eigenvalue weighted by atomic mass is 9.73. The molecule has 0 saturated carbocycles. The number of aliphatic hydroxyl groups is 1. The molecule has 2 bridgehead atoms. The van der Waals surface area contributed by atoms with Crippen molar-refractivity contribution in [3.63, 3.8) is 0 Å². The number of benzene rings is 2. The first-order valence-corrected chi connectivity index (χ1v) is 11.4. The SMILES string of the molecule is C=C[C@@H]1CN2CCC1C[C@@H]2[C@H](O)c1ccnc2ccc(OC)cc12.O=C(O)c1ccccc1O. The molecule has 2 unspecified atom stereocenters. The van der Waals surface area contributed by atoms with E-state index in [0.29, 0.717) is 11.8 Å². The number of carboxylic acid groups (broad SMARTS) is 1. The number of piperidine rings is 3. The molecule has 0 spiro atoms. The Labute approximate surface area is 198 Å². The summed E-state index contributed by atoms with van der Waals surface area (Å²) >= 11 is 0. The molecule has 6 rings (SSSR count). The number of carbonyl (C=O) groups is 1. The Bertz CT molecular complexity index is 1180. The van der Waals surface area contributed by atoms with Crippen LogP contribution < -0.4 is 4.74 Å². The van der Waals surface area contributed by atoms with Crippen molar-refractivity contribution < 1.29 is 24.9 Å². The molecule has 5 atom stereocenters. The Kier molecular flexibility index (Phi) is 7.14. The quantitative estimate of drug-likeness (QED) is 0.487. The molecule has 4 heterocycles. The Hall–Kier alpha value is -3.42. The fourth-order valence-electron chi connectivity index (χ4n) is 5.10. The van der Waals surface area contributed by atoms with Crippen LogP contribution >= 0.6 is 0 Å². The van der Waals surface area contributed by atoms with Gasteiger partial charge >= 0.3 is 5.97 Å². The van der Waals surface area contributed by atoms with Crippen molar-refractivity contribution in [3.05, 3.63) is 78.5 Å². The first kappa shape index (κ1) is 23.7. The number of fused-ring (bicyclic) bond motifs is 4. The summed E-state index contributed by atoms with van der Waals surface area (Å²) in [4.78, 5) is 17.1. The highest BCUT2D eigenvalue weighted by Crippen LogP contribution is 2.42. The normalized spacial score (nSPS) is 24.1. The summed E-state index contributed by atoms with van der Waals surface area (Å²) < 4.78 is 5.35. The number of nitrogens with zero attached hydrogens (tertiary/aromatic N) is 2. The van der Waals surface area contributed by atoms with Crippen molar-refractivity contribution in [2.45, 2.75) is 25.0 Å². The average molecular weight is 463 g/mol. The van der Waals surface area contributed by atoms with E-state index in [1.165, 1.54) is 18.6 Å². The van der Waals surface area contributed by atoms with Crippen LogP contribution in [0, 0.1) is 11.8 Å². The van der Waals surface area contributed by atoms with Crippen LogP contribution in [0.3, 0.4) is 0 Å². The van der Waals surface area contributed by atoms with E-state index in [2.05, 4.69) is 22.5 Å². The maximum atomic E-state index is 11.2. The topological polar surface area (TPSA) is 103 Å². The van der Waals surface area contributed by atoms with Crippen LogP contribution in [0.1, 0.15) is 34.9 Å². The Balaban J connectivity index is 0.000000231. The number of aromatic carboxylic acids is 1. The number of hydrogen-bond acceptors (Lipinski definition) is 6. The molecule has 3 saturated heterocycles. The van der Waals surface area contributed by atoms with E-state index in [1.807, 2.05) is 24.3 Å². The molecule has 7 heteroatoms. The number of hydrogen-bond donors (Lipinski definition) is 3. The van der Waals surface area contributed by atoms with E-state index < -0.39 is 12.1 Å². The van der Waals surface area contributed by atoms with Gasteiger partial charge in [-0.05, 0) is 73.2 Å². The minimum absolute atomic E-state index is 0.0671. The number of ether oxygens (including phenoxy) is 1. The Morgan fingerprint density at radius 2 is 2.06 bits per heavy atom.